The van der Waals surface area contributed by atoms with Crippen LogP contribution >= 0.6 is 11.8 Å². The molecule has 0 aliphatic rings. The number of aryl methyl sites for hydroxylation is 1. The molecule has 21 heavy (non-hydrogen) atoms. The van der Waals surface area contributed by atoms with Gasteiger partial charge in [0.25, 0.3) is 0 Å². The zero-order valence-corrected chi connectivity index (χ0v) is 12.3. The second-order valence-corrected chi connectivity index (χ2v) is 5.67. The average molecular weight is 301 g/mol. The van der Waals surface area contributed by atoms with Gasteiger partial charge in [0, 0.05) is 6.54 Å². The maximum atomic E-state index is 5.86. The number of para-hydroxylation sites is 1. The fourth-order valence-electron chi connectivity index (χ4n) is 1.96. The highest BCUT2D eigenvalue weighted by Crippen LogP contribution is 2.34. The quantitative estimate of drug-likeness (QED) is 0.728. The van der Waals surface area contributed by atoms with Crippen LogP contribution in [0.2, 0.25) is 0 Å². The molecule has 3 rings (SSSR count). The van der Waals surface area contributed by atoms with Crippen LogP contribution < -0.4 is 5.73 Å². The molecule has 1 aromatic carbocycles. The topological polar surface area (TPSA) is 82.8 Å². The molecule has 7 heteroatoms. The molecule has 2 heterocycles. The van der Waals surface area contributed by atoms with Gasteiger partial charge in [0.15, 0.2) is 0 Å². The number of nitrogens with zero attached hydrogens (tertiary/aromatic N) is 4. The van der Waals surface area contributed by atoms with Gasteiger partial charge in [-0.05, 0) is 41.6 Å². The van der Waals surface area contributed by atoms with Crippen molar-refractivity contribution in [3.8, 4) is 5.69 Å². The first-order chi connectivity index (χ1) is 10.3. The molecule has 0 saturated heterocycles. The van der Waals surface area contributed by atoms with Crippen molar-refractivity contribution < 1.29 is 4.42 Å². The summed E-state index contributed by atoms with van der Waals surface area (Å²) >= 11 is 1.49. The van der Waals surface area contributed by atoms with Gasteiger partial charge in [-0.15, -0.1) is 5.10 Å². The van der Waals surface area contributed by atoms with Gasteiger partial charge < -0.3 is 10.2 Å². The second-order valence-electron chi connectivity index (χ2n) is 4.50. The van der Waals surface area contributed by atoms with E-state index in [-0.39, 0.29) is 5.25 Å². The van der Waals surface area contributed by atoms with Gasteiger partial charge in [-0.1, -0.05) is 30.0 Å². The molecule has 0 saturated carbocycles. The highest BCUT2D eigenvalue weighted by Gasteiger charge is 2.19. The minimum atomic E-state index is -0.0211. The maximum absolute atomic E-state index is 5.86. The van der Waals surface area contributed by atoms with E-state index in [9.17, 15) is 0 Å². The number of thioether (sulfide) groups is 1. The lowest BCUT2D eigenvalue weighted by molar-refractivity contribution is 0.481. The third-order valence-electron chi connectivity index (χ3n) is 2.98. The van der Waals surface area contributed by atoms with Crippen molar-refractivity contribution in [1.82, 2.24) is 20.2 Å². The van der Waals surface area contributed by atoms with Crippen molar-refractivity contribution in [2.24, 2.45) is 5.73 Å². The SMILES string of the molecule is Cc1ccc(C(CN)Sc2nnnn2-c2ccccc2)o1. The molecule has 1 atom stereocenters. The number of aromatic nitrogens is 4. The molecule has 3 aromatic rings. The second kappa shape index (κ2) is 6.11. The number of benzene rings is 1. The number of tetrazole rings is 1. The zero-order valence-electron chi connectivity index (χ0n) is 11.5. The van der Waals surface area contributed by atoms with Crippen molar-refractivity contribution in [3.05, 3.63) is 54.0 Å². The predicted molar refractivity (Wildman–Crippen MR) is 80.3 cm³/mol. The van der Waals surface area contributed by atoms with E-state index in [1.165, 1.54) is 11.8 Å². The zero-order chi connectivity index (χ0) is 14.7. The van der Waals surface area contributed by atoms with Crippen molar-refractivity contribution in [3.63, 3.8) is 0 Å². The van der Waals surface area contributed by atoms with E-state index >= 15 is 0 Å². The molecule has 0 spiro atoms. The summed E-state index contributed by atoms with van der Waals surface area (Å²) in [4.78, 5) is 0. The number of hydrogen-bond acceptors (Lipinski definition) is 6. The van der Waals surface area contributed by atoms with Gasteiger partial charge in [-0.25, -0.2) is 0 Å². The average Bonchev–Trinajstić information content (AvgIpc) is 3.14. The monoisotopic (exact) mass is 301 g/mol. The predicted octanol–water partition coefficient (Wildman–Crippen LogP) is 2.36. The standard InChI is InChI=1S/C14H15N5OS/c1-10-7-8-12(20-10)13(9-15)21-14-16-17-18-19(14)11-5-3-2-4-6-11/h2-8,13H,9,15H2,1H3. The first-order valence-corrected chi connectivity index (χ1v) is 7.43. The highest BCUT2D eigenvalue weighted by atomic mass is 32.2. The molecule has 0 aliphatic heterocycles. The number of hydrogen-bond donors (Lipinski definition) is 1. The molecular weight excluding hydrogens is 286 g/mol. The lowest BCUT2D eigenvalue weighted by Gasteiger charge is -2.11. The van der Waals surface area contributed by atoms with Crippen LogP contribution in [0, 0.1) is 6.92 Å². The van der Waals surface area contributed by atoms with Gasteiger partial charge in [0.1, 0.15) is 11.5 Å². The number of furan rings is 1. The Bertz CT molecular complexity index is 709. The molecule has 0 aliphatic carbocycles. The normalized spacial score (nSPS) is 12.5. The van der Waals surface area contributed by atoms with Crippen LogP contribution in [0.3, 0.4) is 0 Å². The molecule has 2 N–H and O–H groups in total. The van der Waals surface area contributed by atoms with Crippen LogP contribution in [0.15, 0.2) is 52.0 Å². The third kappa shape index (κ3) is 2.98. The summed E-state index contributed by atoms with van der Waals surface area (Å²) in [6, 6.07) is 13.6. The molecule has 108 valence electrons. The Balaban J connectivity index is 1.87. The van der Waals surface area contributed by atoms with E-state index in [0.29, 0.717) is 11.7 Å². The fraction of sp³-hybridized carbons (Fsp3) is 0.214. The van der Waals surface area contributed by atoms with Crippen LogP contribution in [-0.2, 0) is 0 Å². The first-order valence-electron chi connectivity index (χ1n) is 6.55. The molecule has 0 radical (unpaired) electrons. The van der Waals surface area contributed by atoms with E-state index in [2.05, 4.69) is 15.5 Å². The Morgan fingerprint density at radius 1 is 1.24 bits per heavy atom. The number of nitrogens with two attached hydrogens (primary N) is 1. The van der Waals surface area contributed by atoms with Gasteiger partial charge in [0.05, 0.1) is 10.9 Å². The largest absolute Gasteiger partial charge is 0.465 e. The summed E-state index contributed by atoms with van der Waals surface area (Å²) in [7, 11) is 0. The molecule has 1 unspecified atom stereocenters. The van der Waals surface area contributed by atoms with Crippen molar-refractivity contribution in [1.29, 1.82) is 0 Å². The number of rotatable bonds is 5. The van der Waals surface area contributed by atoms with Gasteiger partial charge in [-0.3, -0.25) is 0 Å². The van der Waals surface area contributed by atoms with Crippen LogP contribution in [-0.4, -0.2) is 26.8 Å². The fourth-order valence-corrected chi connectivity index (χ4v) is 2.88. The van der Waals surface area contributed by atoms with Gasteiger partial charge in [0.2, 0.25) is 5.16 Å². The van der Waals surface area contributed by atoms with Crippen molar-refractivity contribution in [2.45, 2.75) is 17.3 Å². The summed E-state index contributed by atoms with van der Waals surface area (Å²) in [6.45, 7) is 2.36. The highest BCUT2D eigenvalue weighted by molar-refractivity contribution is 7.99. The molecule has 6 nitrogen and oxygen atoms in total. The Morgan fingerprint density at radius 2 is 2.05 bits per heavy atom. The lowest BCUT2D eigenvalue weighted by Crippen LogP contribution is -2.10. The molecule has 0 amide bonds. The Morgan fingerprint density at radius 3 is 2.71 bits per heavy atom. The lowest BCUT2D eigenvalue weighted by atomic mass is 10.3. The van der Waals surface area contributed by atoms with Crippen molar-refractivity contribution in [2.75, 3.05) is 6.54 Å². The van der Waals surface area contributed by atoms with Crippen LogP contribution in [0.5, 0.6) is 0 Å². The van der Waals surface area contributed by atoms with E-state index in [1.54, 1.807) is 4.68 Å². The van der Waals surface area contributed by atoms with Gasteiger partial charge in [-0.2, -0.15) is 4.68 Å². The molecule has 2 aromatic heterocycles. The van der Waals surface area contributed by atoms with E-state index < -0.39 is 0 Å². The summed E-state index contributed by atoms with van der Waals surface area (Å²) < 4.78 is 7.35. The minimum Gasteiger partial charge on any atom is -0.465 e. The maximum Gasteiger partial charge on any atom is 0.214 e. The van der Waals surface area contributed by atoms with E-state index in [4.69, 9.17) is 10.2 Å². The summed E-state index contributed by atoms with van der Waals surface area (Å²) in [5.41, 5.74) is 6.77. The van der Waals surface area contributed by atoms with Crippen LogP contribution in [0.1, 0.15) is 16.8 Å². The summed E-state index contributed by atoms with van der Waals surface area (Å²) in [5.74, 6) is 1.70. The first kappa shape index (κ1) is 13.8. The summed E-state index contributed by atoms with van der Waals surface area (Å²) in [6.07, 6.45) is 0. The summed E-state index contributed by atoms with van der Waals surface area (Å²) in [5, 5.41) is 12.5. The van der Waals surface area contributed by atoms with E-state index in [0.717, 1.165) is 17.2 Å². The molecule has 0 fully saturated rings. The molecule has 0 bridgehead atoms. The van der Waals surface area contributed by atoms with E-state index in [1.807, 2.05) is 49.4 Å². The third-order valence-corrected chi connectivity index (χ3v) is 4.16. The minimum absolute atomic E-state index is 0.0211. The Kier molecular flexibility index (Phi) is 4.03. The van der Waals surface area contributed by atoms with Crippen LogP contribution in [0.4, 0.5) is 0 Å². The van der Waals surface area contributed by atoms with Crippen LogP contribution in [0.25, 0.3) is 5.69 Å². The Labute approximate surface area is 126 Å². The Hall–Kier alpha value is -2.12. The molecular formula is C14H15N5OS. The van der Waals surface area contributed by atoms with Crippen molar-refractivity contribution >= 4 is 11.8 Å². The smallest absolute Gasteiger partial charge is 0.214 e. The van der Waals surface area contributed by atoms with Gasteiger partial charge >= 0.3 is 0 Å².